The summed E-state index contributed by atoms with van der Waals surface area (Å²) in [7, 11) is -2.04. The Balaban J connectivity index is 1.95. The van der Waals surface area contributed by atoms with Crippen molar-refractivity contribution in [1.29, 1.82) is 0 Å². The number of rotatable bonds is 5. The van der Waals surface area contributed by atoms with Crippen LogP contribution in [-0.4, -0.2) is 44.8 Å². The minimum absolute atomic E-state index is 0.0432. The van der Waals surface area contributed by atoms with Crippen molar-refractivity contribution in [2.45, 2.75) is 77.6 Å². The highest BCUT2D eigenvalue weighted by atomic mass is 28.4. The molecule has 0 aromatic carbocycles. The Morgan fingerprint density at radius 2 is 2.04 bits per heavy atom. The first-order valence-corrected chi connectivity index (χ1v) is 12.7. The molecule has 1 aliphatic heterocycles. The van der Waals surface area contributed by atoms with Crippen LogP contribution in [0, 0.1) is 5.92 Å². The van der Waals surface area contributed by atoms with Gasteiger partial charge < -0.3 is 9.16 Å². The van der Waals surface area contributed by atoms with E-state index in [-0.39, 0.29) is 28.9 Å². The molecule has 0 saturated carbocycles. The van der Waals surface area contributed by atoms with Gasteiger partial charge >= 0.3 is 5.69 Å². The van der Waals surface area contributed by atoms with Gasteiger partial charge in [0, 0.05) is 12.1 Å². The molecular weight excluding hydrogens is 374 g/mol. The fraction of sp³-hybridized carbons (Fsp3) is 0.684. The molecule has 154 valence electrons. The lowest BCUT2D eigenvalue weighted by Gasteiger charge is -2.40. The van der Waals surface area contributed by atoms with Gasteiger partial charge in [0.15, 0.2) is 20.4 Å². The Bertz CT molecular complexity index is 859. The minimum Gasteiger partial charge on any atom is -0.409 e. The van der Waals surface area contributed by atoms with Crippen molar-refractivity contribution in [3.8, 4) is 5.82 Å². The summed E-state index contributed by atoms with van der Waals surface area (Å²) in [5, 5.41) is 4.10. The van der Waals surface area contributed by atoms with Gasteiger partial charge in [-0.1, -0.05) is 34.6 Å². The largest absolute Gasteiger partial charge is 0.409 e. The molecule has 0 aliphatic carbocycles. The van der Waals surface area contributed by atoms with E-state index >= 15 is 0 Å². The smallest absolute Gasteiger partial charge is 0.351 e. The molecule has 1 unspecified atom stereocenters. The molecule has 0 spiro atoms. The second kappa shape index (κ2) is 7.53. The van der Waals surface area contributed by atoms with Gasteiger partial charge in [-0.2, -0.15) is 10.1 Å². The second-order valence-electron chi connectivity index (χ2n) is 8.99. The fourth-order valence-electron chi connectivity index (χ4n) is 3.28. The predicted molar refractivity (Wildman–Crippen MR) is 109 cm³/mol. The van der Waals surface area contributed by atoms with Crippen molar-refractivity contribution in [3.63, 3.8) is 0 Å². The molecule has 9 heteroatoms. The van der Waals surface area contributed by atoms with Crippen molar-refractivity contribution in [1.82, 2.24) is 24.3 Å². The summed E-state index contributed by atoms with van der Waals surface area (Å²) in [6.45, 7) is 15.3. The zero-order chi connectivity index (χ0) is 20.7. The van der Waals surface area contributed by atoms with E-state index in [1.54, 1.807) is 16.8 Å². The summed E-state index contributed by atoms with van der Waals surface area (Å²) < 4.78 is 16.0. The van der Waals surface area contributed by atoms with Gasteiger partial charge in [-0.25, -0.2) is 14.5 Å². The maximum atomic E-state index is 12.8. The van der Waals surface area contributed by atoms with Crippen LogP contribution in [0.25, 0.3) is 5.82 Å². The van der Waals surface area contributed by atoms with Gasteiger partial charge in [0.05, 0.1) is 12.2 Å². The normalized spacial score (nSPS) is 26.0. The minimum atomic E-state index is -2.04. The first-order valence-electron chi connectivity index (χ1n) is 9.82. The monoisotopic (exact) mass is 405 g/mol. The van der Waals surface area contributed by atoms with Crippen LogP contribution in [0.1, 0.15) is 47.3 Å². The molecule has 0 N–H and O–H groups in total. The van der Waals surface area contributed by atoms with Gasteiger partial charge in [0.25, 0.3) is 0 Å². The predicted octanol–water partition coefficient (Wildman–Crippen LogP) is 3.16. The number of hydrogen-bond donors (Lipinski definition) is 0. The van der Waals surface area contributed by atoms with E-state index in [0.29, 0.717) is 5.82 Å². The first kappa shape index (κ1) is 20.9. The van der Waals surface area contributed by atoms with Crippen LogP contribution < -0.4 is 5.69 Å². The van der Waals surface area contributed by atoms with Crippen LogP contribution >= 0.6 is 0 Å². The second-order valence-corrected chi connectivity index (χ2v) is 13.7. The van der Waals surface area contributed by atoms with Crippen molar-refractivity contribution in [3.05, 3.63) is 35.4 Å². The highest BCUT2D eigenvalue weighted by molar-refractivity contribution is 6.74. The number of ether oxygens (including phenoxy) is 1. The third-order valence-corrected chi connectivity index (χ3v) is 10.6. The molecule has 1 fully saturated rings. The van der Waals surface area contributed by atoms with E-state index in [1.807, 2.05) is 0 Å². The molecule has 3 rings (SSSR count). The van der Waals surface area contributed by atoms with Crippen molar-refractivity contribution >= 4 is 8.32 Å². The first-order chi connectivity index (χ1) is 13.0. The van der Waals surface area contributed by atoms with Gasteiger partial charge in [-0.05, 0) is 30.6 Å². The van der Waals surface area contributed by atoms with Crippen molar-refractivity contribution in [2.24, 2.45) is 5.92 Å². The maximum absolute atomic E-state index is 12.8. The lowest BCUT2D eigenvalue weighted by Crippen LogP contribution is -2.47. The molecule has 1 aliphatic rings. The van der Waals surface area contributed by atoms with Crippen LogP contribution in [0.3, 0.4) is 0 Å². The Hall–Kier alpha value is -1.84. The average Bonchev–Trinajstić information content (AvgIpc) is 3.23. The number of nitrogens with zero attached hydrogens (tertiary/aromatic N) is 5. The lowest BCUT2D eigenvalue weighted by molar-refractivity contribution is -0.0370. The fourth-order valence-corrected chi connectivity index (χ4v) is 4.64. The van der Waals surface area contributed by atoms with Gasteiger partial charge in [-0.15, -0.1) is 0 Å². The van der Waals surface area contributed by atoms with Crippen LogP contribution in [0.4, 0.5) is 0 Å². The Morgan fingerprint density at radius 1 is 1.32 bits per heavy atom. The summed E-state index contributed by atoms with van der Waals surface area (Å²) in [6.07, 6.45) is 4.86. The molecular formula is C19H31N5O3Si. The molecule has 2 aromatic rings. The topological polar surface area (TPSA) is 84.1 Å². The van der Waals surface area contributed by atoms with E-state index in [2.05, 4.69) is 62.8 Å². The van der Waals surface area contributed by atoms with Gasteiger partial charge in [0.2, 0.25) is 0 Å². The van der Waals surface area contributed by atoms with E-state index < -0.39 is 14.5 Å². The summed E-state index contributed by atoms with van der Waals surface area (Å²) in [5.41, 5.74) is -0.384. The summed E-state index contributed by atoms with van der Waals surface area (Å²) in [4.78, 5) is 20.9. The Labute approximate surface area is 167 Å². The Kier molecular flexibility index (Phi) is 5.61. The van der Waals surface area contributed by atoms with Crippen LogP contribution in [0.15, 0.2) is 29.7 Å². The van der Waals surface area contributed by atoms with Crippen molar-refractivity contribution in [2.75, 3.05) is 0 Å². The molecule has 4 atom stereocenters. The zero-order valence-corrected chi connectivity index (χ0v) is 18.8. The van der Waals surface area contributed by atoms with Gasteiger partial charge in [-0.3, -0.25) is 4.57 Å². The lowest BCUT2D eigenvalue weighted by atomic mass is 9.99. The quantitative estimate of drug-likeness (QED) is 0.711. The van der Waals surface area contributed by atoms with E-state index in [4.69, 9.17) is 9.16 Å². The number of hydrogen-bond acceptors (Lipinski definition) is 6. The third-order valence-electron chi connectivity index (χ3n) is 6.08. The summed E-state index contributed by atoms with van der Waals surface area (Å²) >= 11 is 0. The van der Waals surface area contributed by atoms with Crippen molar-refractivity contribution < 1.29 is 9.16 Å². The van der Waals surface area contributed by atoms with Crippen LogP contribution in [0.2, 0.25) is 18.1 Å². The van der Waals surface area contributed by atoms with E-state index in [1.165, 1.54) is 17.3 Å². The maximum Gasteiger partial charge on any atom is 0.351 e. The van der Waals surface area contributed by atoms with Crippen LogP contribution in [0.5, 0.6) is 0 Å². The molecule has 8 nitrogen and oxygen atoms in total. The molecule has 0 amide bonds. The standard InChI is InChI=1S/C19H31N5O3Si/c1-8-14-13(2)16(27-28(6,7)19(3,4)5)17(26-14)23-10-9-15(22-18(23)25)24-12-20-11-21-24/h9-14,16-17H,8H2,1-7H3/t13-,14+,16?,17+/m0/s1. The molecule has 3 heterocycles. The van der Waals surface area contributed by atoms with Crippen LogP contribution in [-0.2, 0) is 9.16 Å². The molecule has 28 heavy (non-hydrogen) atoms. The molecule has 2 aromatic heterocycles. The molecule has 0 radical (unpaired) electrons. The van der Waals surface area contributed by atoms with Gasteiger partial charge in [0.1, 0.15) is 12.7 Å². The molecule has 1 saturated heterocycles. The molecule has 0 bridgehead atoms. The number of aromatic nitrogens is 5. The highest BCUT2D eigenvalue weighted by Gasteiger charge is 2.48. The average molecular weight is 406 g/mol. The highest BCUT2D eigenvalue weighted by Crippen LogP contribution is 2.43. The zero-order valence-electron chi connectivity index (χ0n) is 17.8. The summed E-state index contributed by atoms with van der Waals surface area (Å²) in [6, 6.07) is 1.74. The Morgan fingerprint density at radius 3 is 2.57 bits per heavy atom. The van der Waals surface area contributed by atoms with E-state index in [9.17, 15) is 4.79 Å². The SMILES string of the molecule is CC[C@H]1O[C@@H](n2ccc(-n3cncn3)nc2=O)C(O[Si](C)(C)C(C)(C)C)[C@H]1C. The van der Waals surface area contributed by atoms with E-state index in [0.717, 1.165) is 6.42 Å². The third kappa shape index (κ3) is 3.83. The summed E-state index contributed by atoms with van der Waals surface area (Å²) in [5.74, 6) is 0.615.